The molecule has 0 aliphatic carbocycles. The van der Waals surface area contributed by atoms with E-state index in [1.807, 2.05) is 12.3 Å². The highest BCUT2D eigenvalue weighted by Crippen LogP contribution is 2.29. The van der Waals surface area contributed by atoms with Gasteiger partial charge in [0.25, 0.3) is 0 Å². The lowest BCUT2D eigenvalue weighted by molar-refractivity contribution is 0.0698. The van der Waals surface area contributed by atoms with Gasteiger partial charge in [-0.25, -0.2) is 9.78 Å². The molecule has 0 amide bonds. The largest absolute Gasteiger partial charge is 0.478 e. The zero-order valence-electron chi connectivity index (χ0n) is 8.60. The number of nitrogens with two attached hydrogens (primary N) is 1. The first-order valence-corrected chi connectivity index (χ1v) is 5.52. The second-order valence-corrected chi connectivity index (χ2v) is 4.39. The van der Waals surface area contributed by atoms with E-state index in [9.17, 15) is 4.79 Å². The molecule has 2 aromatic rings. The van der Waals surface area contributed by atoms with Gasteiger partial charge in [0.2, 0.25) is 0 Å². The molecule has 2 rings (SSSR count). The van der Waals surface area contributed by atoms with Crippen LogP contribution in [0.2, 0.25) is 0 Å². The van der Waals surface area contributed by atoms with Crippen molar-refractivity contribution in [3.05, 3.63) is 34.2 Å². The van der Waals surface area contributed by atoms with Gasteiger partial charge in [-0.2, -0.15) is 0 Å². The number of nitrogen functional groups attached to an aromatic ring is 1. The Morgan fingerprint density at radius 1 is 1.50 bits per heavy atom. The number of para-hydroxylation sites is 1. The highest BCUT2D eigenvalue weighted by Gasteiger charge is 2.13. The zero-order chi connectivity index (χ0) is 11.7. The molecule has 1 aromatic heterocycles. The SMILES string of the molecule is Cc1nc(-c2cccc(C(=O)O)c2N)cs1. The third-order valence-corrected chi connectivity index (χ3v) is 3.01. The summed E-state index contributed by atoms with van der Waals surface area (Å²) in [6, 6.07) is 4.93. The Balaban J connectivity index is 2.58. The topological polar surface area (TPSA) is 76.2 Å². The monoisotopic (exact) mass is 234 g/mol. The fraction of sp³-hybridized carbons (Fsp3) is 0.0909. The summed E-state index contributed by atoms with van der Waals surface area (Å²) in [5.74, 6) is -1.02. The van der Waals surface area contributed by atoms with Gasteiger partial charge in [0.1, 0.15) is 0 Å². The van der Waals surface area contributed by atoms with Crippen LogP contribution in [-0.4, -0.2) is 16.1 Å². The van der Waals surface area contributed by atoms with Crippen molar-refractivity contribution in [1.82, 2.24) is 4.98 Å². The number of hydrogen-bond donors (Lipinski definition) is 2. The number of hydrogen-bond acceptors (Lipinski definition) is 4. The molecule has 0 atom stereocenters. The summed E-state index contributed by atoms with van der Waals surface area (Å²) in [7, 11) is 0. The highest BCUT2D eigenvalue weighted by atomic mass is 32.1. The van der Waals surface area contributed by atoms with Gasteiger partial charge in [-0.1, -0.05) is 12.1 Å². The number of carboxylic acid groups (broad SMARTS) is 1. The molecule has 4 nitrogen and oxygen atoms in total. The molecule has 0 bridgehead atoms. The molecule has 1 aromatic carbocycles. The minimum atomic E-state index is -1.02. The molecule has 0 saturated heterocycles. The zero-order valence-corrected chi connectivity index (χ0v) is 9.41. The normalized spacial score (nSPS) is 10.3. The van der Waals surface area contributed by atoms with Gasteiger partial charge < -0.3 is 10.8 Å². The van der Waals surface area contributed by atoms with Crippen LogP contribution in [0.1, 0.15) is 15.4 Å². The van der Waals surface area contributed by atoms with E-state index in [1.165, 1.54) is 17.4 Å². The van der Waals surface area contributed by atoms with Gasteiger partial charge in [0, 0.05) is 10.9 Å². The van der Waals surface area contributed by atoms with Crippen molar-refractivity contribution in [3.63, 3.8) is 0 Å². The Labute approximate surface area is 96.4 Å². The molecule has 0 spiro atoms. The lowest BCUT2D eigenvalue weighted by atomic mass is 10.1. The molecule has 16 heavy (non-hydrogen) atoms. The van der Waals surface area contributed by atoms with Crippen molar-refractivity contribution in [2.45, 2.75) is 6.92 Å². The summed E-state index contributed by atoms with van der Waals surface area (Å²) in [5, 5.41) is 11.7. The maximum atomic E-state index is 10.9. The number of carbonyl (C=O) groups is 1. The first kappa shape index (κ1) is 10.6. The van der Waals surface area contributed by atoms with E-state index in [0.29, 0.717) is 5.56 Å². The third kappa shape index (κ3) is 1.77. The van der Waals surface area contributed by atoms with Gasteiger partial charge in [-0.3, -0.25) is 0 Å². The Kier molecular flexibility index (Phi) is 2.62. The molecule has 0 aliphatic heterocycles. The predicted octanol–water partition coefficient (Wildman–Crippen LogP) is 2.40. The van der Waals surface area contributed by atoms with Crippen molar-refractivity contribution in [3.8, 4) is 11.3 Å². The van der Waals surface area contributed by atoms with Crippen molar-refractivity contribution < 1.29 is 9.90 Å². The average molecular weight is 234 g/mol. The number of nitrogens with zero attached hydrogens (tertiary/aromatic N) is 1. The Morgan fingerprint density at radius 2 is 2.25 bits per heavy atom. The first-order chi connectivity index (χ1) is 7.59. The number of aryl methyl sites for hydroxylation is 1. The van der Waals surface area contributed by atoms with E-state index in [2.05, 4.69) is 4.98 Å². The van der Waals surface area contributed by atoms with E-state index >= 15 is 0 Å². The summed E-state index contributed by atoms with van der Waals surface area (Å²) in [4.78, 5) is 15.2. The molecule has 3 N–H and O–H groups in total. The van der Waals surface area contributed by atoms with E-state index in [4.69, 9.17) is 10.8 Å². The van der Waals surface area contributed by atoms with Crippen LogP contribution in [0.15, 0.2) is 23.6 Å². The maximum absolute atomic E-state index is 10.9. The van der Waals surface area contributed by atoms with E-state index in [-0.39, 0.29) is 11.3 Å². The number of carboxylic acids is 1. The molecule has 0 saturated carbocycles. The van der Waals surface area contributed by atoms with Crippen LogP contribution in [0.5, 0.6) is 0 Å². The first-order valence-electron chi connectivity index (χ1n) is 4.64. The fourth-order valence-corrected chi connectivity index (χ4v) is 2.08. The minimum Gasteiger partial charge on any atom is -0.478 e. The summed E-state index contributed by atoms with van der Waals surface area (Å²) >= 11 is 1.51. The van der Waals surface area contributed by atoms with Gasteiger partial charge in [0.15, 0.2) is 0 Å². The maximum Gasteiger partial charge on any atom is 0.337 e. The number of thiazole rings is 1. The Hall–Kier alpha value is -1.88. The molecule has 0 radical (unpaired) electrons. The van der Waals surface area contributed by atoms with Crippen LogP contribution < -0.4 is 5.73 Å². The van der Waals surface area contributed by atoms with Crippen molar-refractivity contribution >= 4 is 23.0 Å². The predicted molar refractivity (Wildman–Crippen MR) is 63.7 cm³/mol. The van der Waals surface area contributed by atoms with Crippen LogP contribution in [0.3, 0.4) is 0 Å². The number of benzene rings is 1. The van der Waals surface area contributed by atoms with Crippen molar-refractivity contribution in [2.75, 3.05) is 5.73 Å². The van der Waals surface area contributed by atoms with Gasteiger partial charge in [0.05, 0.1) is 22.0 Å². The molecular weight excluding hydrogens is 224 g/mol. The summed E-state index contributed by atoms with van der Waals surface area (Å²) in [6.07, 6.45) is 0. The molecular formula is C11H10N2O2S. The Bertz CT molecular complexity index is 549. The number of rotatable bonds is 2. The summed E-state index contributed by atoms with van der Waals surface area (Å²) < 4.78 is 0. The lowest BCUT2D eigenvalue weighted by Crippen LogP contribution is -2.03. The average Bonchev–Trinajstić information content (AvgIpc) is 2.64. The highest BCUT2D eigenvalue weighted by molar-refractivity contribution is 7.09. The molecule has 0 unspecified atom stereocenters. The quantitative estimate of drug-likeness (QED) is 0.782. The molecule has 5 heteroatoms. The van der Waals surface area contributed by atoms with Crippen LogP contribution in [-0.2, 0) is 0 Å². The van der Waals surface area contributed by atoms with Gasteiger partial charge in [-0.15, -0.1) is 11.3 Å². The van der Waals surface area contributed by atoms with Crippen LogP contribution >= 0.6 is 11.3 Å². The third-order valence-electron chi connectivity index (χ3n) is 2.23. The molecule has 0 aliphatic rings. The van der Waals surface area contributed by atoms with Gasteiger partial charge in [-0.05, 0) is 13.0 Å². The number of aromatic carboxylic acids is 1. The molecule has 82 valence electrons. The fourth-order valence-electron chi connectivity index (χ4n) is 1.46. The Morgan fingerprint density at radius 3 is 2.81 bits per heavy atom. The standard InChI is InChI=1S/C11H10N2O2S/c1-6-13-9(5-16-6)7-3-2-4-8(10(7)12)11(14)15/h2-5H,12H2,1H3,(H,14,15). The van der Waals surface area contributed by atoms with Crippen LogP contribution in [0, 0.1) is 6.92 Å². The van der Waals surface area contributed by atoms with E-state index in [1.54, 1.807) is 12.1 Å². The van der Waals surface area contributed by atoms with Crippen LogP contribution in [0.25, 0.3) is 11.3 Å². The molecule has 1 heterocycles. The molecule has 0 fully saturated rings. The van der Waals surface area contributed by atoms with E-state index in [0.717, 1.165) is 10.7 Å². The van der Waals surface area contributed by atoms with Gasteiger partial charge >= 0.3 is 5.97 Å². The number of aromatic nitrogens is 1. The second kappa shape index (κ2) is 3.94. The number of anilines is 1. The lowest BCUT2D eigenvalue weighted by Gasteiger charge is -2.05. The van der Waals surface area contributed by atoms with Crippen molar-refractivity contribution in [1.29, 1.82) is 0 Å². The van der Waals surface area contributed by atoms with Crippen LogP contribution in [0.4, 0.5) is 5.69 Å². The smallest absolute Gasteiger partial charge is 0.337 e. The summed E-state index contributed by atoms with van der Waals surface area (Å²) in [6.45, 7) is 1.89. The second-order valence-electron chi connectivity index (χ2n) is 3.32. The summed E-state index contributed by atoms with van der Waals surface area (Å²) in [5.41, 5.74) is 7.58. The van der Waals surface area contributed by atoms with Crippen molar-refractivity contribution in [2.24, 2.45) is 0 Å². The van der Waals surface area contributed by atoms with E-state index < -0.39 is 5.97 Å². The minimum absolute atomic E-state index is 0.114.